The number of hydrogen-bond acceptors (Lipinski definition) is 4. The third-order valence-corrected chi connectivity index (χ3v) is 8.71. The molecule has 214 valence electrons. The number of benzene rings is 3. The summed E-state index contributed by atoms with van der Waals surface area (Å²) in [5.74, 6) is -0.655. The highest BCUT2D eigenvalue weighted by molar-refractivity contribution is 7.92. The Morgan fingerprint density at radius 2 is 1.48 bits per heavy atom. The summed E-state index contributed by atoms with van der Waals surface area (Å²) in [5, 5.41) is 3.74. The predicted octanol–water partition coefficient (Wildman–Crippen LogP) is 6.00. The van der Waals surface area contributed by atoms with Crippen molar-refractivity contribution in [1.29, 1.82) is 0 Å². The minimum atomic E-state index is -4.18. The predicted molar refractivity (Wildman–Crippen MR) is 161 cm³/mol. The number of aryl methyl sites for hydroxylation is 2. The molecule has 0 aliphatic carbocycles. The first-order valence-corrected chi connectivity index (χ1v) is 15.2. The van der Waals surface area contributed by atoms with Crippen molar-refractivity contribution in [3.8, 4) is 0 Å². The molecule has 2 amide bonds. The summed E-state index contributed by atoms with van der Waals surface area (Å²) in [6, 6.07) is 17.4. The zero-order valence-electron chi connectivity index (χ0n) is 23.3. The number of anilines is 1. The van der Waals surface area contributed by atoms with Crippen molar-refractivity contribution >= 4 is 50.7 Å². The second-order valence-electron chi connectivity index (χ2n) is 10.2. The summed E-state index contributed by atoms with van der Waals surface area (Å²) in [6.45, 7) is 9.19. The summed E-state index contributed by atoms with van der Waals surface area (Å²) in [6.07, 6.45) is 0. The van der Waals surface area contributed by atoms with Gasteiger partial charge < -0.3 is 10.2 Å². The van der Waals surface area contributed by atoms with Gasteiger partial charge in [-0.3, -0.25) is 13.9 Å². The van der Waals surface area contributed by atoms with E-state index in [0.29, 0.717) is 22.2 Å². The van der Waals surface area contributed by atoms with Crippen LogP contribution in [0.1, 0.15) is 37.5 Å². The number of hydrogen-bond donors (Lipinski definition) is 1. The quantitative estimate of drug-likeness (QED) is 0.291. The normalized spacial score (nSPS) is 12.2. The Morgan fingerprint density at radius 1 is 0.875 bits per heavy atom. The third-order valence-electron chi connectivity index (χ3n) is 6.45. The van der Waals surface area contributed by atoms with E-state index in [1.807, 2.05) is 20.8 Å². The van der Waals surface area contributed by atoms with Crippen molar-refractivity contribution in [2.45, 2.75) is 52.1 Å². The molecule has 0 saturated heterocycles. The first kappa shape index (κ1) is 31.5. The van der Waals surface area contributed by atoms with E-state index in [1.165, 1.54) is 23.1 Å². The van der Waals surface area contributed by atoms with Crippen LogP contribution in [0.4, 0.5) is 5.69 Å². The van der Waals surface area contributed by atoms with E-state index in [9.17, 15) is 18.0 Å². The van der Waals surface area contributed by atoms with Crippen LogP contribution >= 0.6 is 23.2 Å². The molecular formula is C30H35Cl2N3O4S. The smallest absolute Gasteiger partial charge is 0.264 e. The van der Waals surface area contributed by atoms with Gasteiger partial charge in [0.15, 0.2) is 0 Å². The number of nitrogens with one attached hydrogen (secondary N) is 1. The lowest BCUT2D eigenvalue weighted by Gasteiger charge is -2.32. The standard InChI is InChI=1S/C30H35Cl2N3O4S/c1-20(2)17-33-30(37)23(5)34(18-24-9-12-25(31)13-10-24)29(36)19-35(28-16-26(32)11-8-22(28)4)40(38,39)27-14-6-21(3)7-15-27/h6-16,20,23H,17-19H2,1-5H3,(H,33,37)/t23-/m0/s1. The van der Waals surface area contributed by atoms with Crippen LogP contribution in [-0.4, -0.2) is 44.3 Å². The molecule has 0 saturated carbocycles. The minimum absolute atomic E-state index is 0.0391. The lowest BCUT2D eigenvalue weighted by Crippen LogP contribution is -2.51. The molecule has 0 fully saturated rings. The number of carbonyl (C=O) groups excluding carboxylic acids is 2. The summed E-state index contributed by atoms with van der Waals surface area (Å²) >= 11 is 12.3. The van der Waals surface area contributed by atoms with Crippen LogP contribution in [0.5, 0.6) is 0 Å². The lowest BCUT2D eigenvalue weighted by atomic mass is 10.1. The molecule has 3 aromatic carbocycles. The van der Waals surface area contributed by atoms with Crippen molar-refractivity contribution in [2.75, 3.05) is 17.4 Å². The first-order valence-electron chi connectivity index (χ1n) is 13.0. The van der Waals surface area contributed by atoms with Crippen molar-refractivity contribution in [1.82, 2.24) is 10.2 Å². The maximum absolute atomic E-state index is 14.0. The van der Waals surface area contributed by atoms with E-state index < -0.39 is 28.5 Å². The fourth-order valence-electron chi connectivity index (χ4n) is 4.02. The fraction of sp³-hybridized carbons (Fsp3) is 0.333. The second kappa shape index (κ2) is 13.5. The number of amides is 2. The van der Waals surface area contributed by atoms with Crippen LogP contribution in [0.3, 0.4) is 0 Å². The molecule has 0 unspecified atom stereocenters. The van der Waals surface area contributed by atoms with E-state index >= 15 is 0 Å². The molecule has 7 nitrogen and oxygen atoms in total. The number of halogens is 2. The lowest BCUT2D eigenvalue weighted by molar-refractivity contribution is -0.139. The van der Waals surface area contributed by atoms with Gasteiger partial charge in [0, 0.05) is 23.1 Å². The Kier molecular flexibility index (Phi) is 10.6. The Hall–Kier alpha value is -3.07. The molecule has 40 heavy (non-hydrogen) atoms. The van der Waals surface area contributed by atoms with Gasteiger partial charge >= 0.3 is 0 Å². The number of nitrogens with zero attached hydrogens (tertiary/aromatic N) is 2. The SMILES string of the molecule is Cc1ccc(S(=O)(=O)N(CC(=O)N(Cc2ccc(Cl)cc2)[C@@H](C)C(=O)NCC(C)C)c2cc(Cl)ccc2C)cc1. The third kappa shape index (κ3) is 7.99. The van der Waals surface area contributed by atoms with Crippen molar-refractivity contribution < 1.29 is 18.0 Å². The molecule has 10 heteroatoms. The van der Waals surface area contributed by atoms with Crippen molar-refractivity contribution in [2.24, 2.45) is 5.92 Å². The van der Waals surface area contributed by atoms with Gasteiger partial charge in [-0.1, -0.05) is 72.9 Å². The average Bonchev–Trinajstić information content (AvgIpc) is 2.91. The number of sulfonamides is 1. The first-order chi connectivity index (χ1) is 18.8. The molecule has 0 radical (unpaired) electrons. The monoisotopic (exact) mass is 603 g/mol. The van der Waals surface area contributed by atoms with Gasteiger partial charge in [-0.25, -0.2) is 8.42 Å². The molecule has 0 aliphatic rings. The van der Waals surface area contributed by atoms with Gasteiger partial charge in [-0.15, -0.1) is 0 Å². The molecule has 3 rings (SSSR count). The second-order valence-corrected chi connectivity index (χ2v) is 13.0. The van der Waals surface area contributed by atoms with Crippen LogP contribution in [0.15, 0.2) is 71.6 Å². The van der Waals surface area contributed by atoms with E-state index in [-0.39, 0.29) is 29.0 Å². The number of rotatable bonds is 11. The highest BCUT2D eigenvalue weighted by Gasteiger charge is 2.33. The molecule has 0 aliphatic heterocycles. The molecule has 3 aromatic rings. The van der Waals surface area contributed by atoms with Gasteiger partial charge in [0.05, 0.1) is 10.6 Å². The highest BCUT2D eigenvalue weighted by Crippen LogP contribution is 2.30. The molecular weight excluding hydrogens is 569 g/mol. The average molecular weight is 605 g/mol. The van der Waals surface area contributed by atoms with Gasteiger partial charge in [-0.2, -0.15) is 0 Å². The van der Waals surface area contributed by atoms with Crippen LogP contribution in [0, 0.1) is 19.8 Å². The molecule has 0 bridgehead atoms. The maximum atomic E-state index is 14.0. The molecule has 0 heterocycles. The van der Waals surface area contributed by atoms with E-state index in [4.69, 9.17) is 23.2 Å². The van der Waals surface area contributed by atoms with Gasteiger partial charge in [0.2, 0.25) is 11.8 Å². The Morgan fingerprint density at radius 3 is 2.08 bits per heavy atom. The van der Waals surface area contributed by atoms with Crippen LogP contribution in [-0.2, 0) is 26.2 Å². The van der Waals surface area contributed by atoms with Crippen LogP contribution in [0.2, 0.25) is 10.0 Å². The number of carbonyl (C=O) groups is 2. The van der Waals surface area contributed by atoms with E-state index in [0.717, 1.165) is 15.4 Å². The summed E-state index contributed by atoms with van der Waals surface area (Å²) < 4.78 is 29.0. The van der Waals surface area contributed by atoms with Crippen molar-refractivity contribution in [3.63, 3.8) is 0 Å². The molecule has 0 spiro atoms. The largest absolute Gasteiger partial charge is 0.354 e. The molecule has 1 N–H and O–H groups in total. The van der Waals surface area contributed by atoms with E-state index in [2.05, 4.69) is 5.32 Å². The summed E-state index contributed by atoms with van der Waals surface area (Å²) in [5.41, 5.74) is 2.55. The Labute approximate surface area is 247 Å². The van der Waals surface area contributed by atoms with Crippen molar-refractivity contribution in [3.05, 3.63) is 93.5 Å². The van der Waals surface area contributed by atoms with E-state index in [1.54, 1.807) is 62.4 Å². The zero-order valence-corrected chi connectivity index (χ0v) is 25.6. The molecule has 0 aromatic heterocycles. The maximum Gasteiger partial charge on any atom is 0.264 e. The van der Waals surface area contributed by atoms with Gasteiger partial charge in [0.25, 0.3) is 10.0 Å². The Balaban J connectivity index is 2.05. The fourth-order valence-corrected chi connectivity index (χ4v) is 5.79. The van der Waals surface area contributed by atoms with Crippen LogP contribution in [0.25, 0.3) is 0 Å². The summed E-state index contributed by atoms with van der Waals surface area (Å²) in [7, 11) is -4.18. The van der Waals surface area contributed by atoms with Crippen LogP contribution < -0.4 is 9.62 Å². The molecule has 1 atom stereocenters. The highest BCUT2D eigenvalue weighted by atomic mass is 35.5. The minimum Gasteiger partial charge on any atom is -0.354 e. The summed E-state index contributed by atoms with van der Waals surface area (Å²) in [4.78, 5) is 28.5. The Bertz CT molecular complexity index is 1440. The van der Waals surface area contributed by atoms with Gasteiger partial charge in [0.1, 0.15) is 12.6 Å². The van der Waals surface area contributed by atoms with Gasteiger partial charge in [-0.05, 0) is 74.2 Å². The topological polar surface area (TPSA) is 86.8 Å². The zero-order chi connectivity index (χ0) is 29.6.